The van der Waals surface area contributed by atoms with Crippen LogP contribution in [0.5, 0.6) is 0 Å². The fourth-order valence-electron chi connectivity index (χ4n) is 2.13. The number of carbonyl (C=O) groups excluding carboxylic acids is 2. The molecule has 1 heterocycles. The van der Waals surface area contributed by atoms with Crippen LogP contribution < -0.4 is 0 Å². The molecule has 1 aliphatic heterocycles. The van der Waals surface area contributed by atoms with Crippen LogP contribution >= 0.6 is 0 Å². The van der Waals surface area contributed by atoms with E-state index in [-0.39, 0.29) is 4.31 Å². The lowest BCUT2D eigenvalue weighted by atomic mass is 9.96. The highest BCUT2D eigenvalue weighted by Gasteiger charge is 2.64. The number of carbonyl (C=O) groups is 2. The average molecular weight is 384 g/mol. The molecule has 0 aliphatic carbocycles. The molecule has 0 aromatic rings. The maximum absolute atomic E-state index is 14.6. The van der Waals surface area contributed by atoms with Crippen molar-refractivity contribution in [3.8, 4) is 0 Å². The summed E-state index contributed by atoms with van der Waals surface area (Å²) in [6, 6.07) is 0. The second-order valence-electron chi connectivity index (χ2n) is 7.63. The average Bonchev–Trinajstić information content (AvgIpc) is 2.65. The quantitative estimate of drug-likeness (QED) is 0.574. The Labute approximate surface area is 146 Å². The van der Waals surface area contributed by atoms with E-state index < -0.39 is 58.5 Å². The van der Waals surface area contributed by atoms with Gasteiger partial charge in [-0.15, -0.1) is 0 Å². The van der Waals surface area contributed by atoms with Gasteiger partial charge in [-0.05, 0) is 41.5 Å². The highest BCUT2D eigenvalue weighted by Crippen LogP contribution is 2.35. The van der Waals surface area contributed by atoms with E-state index in [1.807, 2.05) is 0 Å². The third-order valence-corrected chi connectivity index (χ3v) is 3.95. The fourth-order valence-corrected chi connectivity index (χ4v) is 3.01. The number of hydrogen-bond acceptors (Lipinski definition) is 7. The minimum Gasteiger partial charge on any atom is -0.458 e. The van der Waals surface area contributed by atoms with Crippen LogP contribution in [0, 0.1) is 0 Å². The fraction of sp³-hybridized carbons (Fsp3) is 0.857. The molecule has 1 aliphatic rings. The first-order valence-corrected chi connectivity index (χ1v) is 8.86. The number of alkyl halides is 1. The number of nitrogens with zero attached hydrogens (tertiary/aromatic N) is 1. The van der Waals surface area contributed by atoms with Crippen LogP contribution in [0.25, 0.3) is 0 Å². The summed E-state index contributed by atoms with van der Waals surface area (Å²) in [5.74, 6) is -1.37. The van der Waals surface area contributed by atoms with Crippen molar-refractivity contribution in [2.45, 2.75) is 64.5 Å². The Kier molecular flexibility index (Phi) is 5.77. The Balaban J connectivity index is 3.47. The highest BCUT2D eigenvalue weighted by atomic mass is 32.2. The van der Waals surface area contributed by atoms with Gasteiger partial charge in [-0.25, -0.2) is 14.0 Å². The van der Waals surface area contributed by atoms with E-state index in [0.717, 1.165) is 0 Å². The molecule has 1 amide bonds. The van der Waals surface area contributed by atoms with Gasteiger partial charge in [0, 0.05) is 0 Å². The summed E-state index contributed by atoms with van der Waals surface area (Å²) in [5, 5.41) is 0. The third kappa shape index (κ3) is 5.02. The zero-order valence-electron chi connectivity index (χ0n) is 15.0. The number of hydrogen-bond donors (Lipinski definition) is 1. The normalized spacial score (nSPS) is 24.7. The van der Waals surface area contributed by atoms with Gasteiger partial charge >= 0.3 is 22.4 Å². The molecule has 0 aromatic heterocycles. The molecule has 1 fully saturated rings. The SMILES string of the molecule is CC(C)(C)OC(=O)N([C@]1(C(=O)OC(C)(C)C)COC[C@H]1[18F])S(=O)(=O)O. The van der Waals surface area contributed by atoms with Gasteiger partial charge < -0.3 is 14.2 Å². The zero-order valence-corrected chi connectivity index (χ0v) is 15.8. The molecule has 146 valence electrons. The molecule has 1 saturated heterocycles. The standard InChI is InChI=1S/C14H24FNO8S/c1-12(2,3)23-10(17)14(8-22-7-9(14)15)16(25(19,20)21)11(18)24-13(4,5)6/h9H,7-8H2,1-6H3,(H,19,20,21)/t9-,14-/m1/s1/i15-1. The van der Waals surface area contributed by atoms with Gasteiger partial charge in [-0.1, -0.05) is 0 Å². The molecule has 0 radical (unpaired) electrons. The van der Waals surface area contributed by atoms with Gasteiger partial charge in [-0.2, -0.15) is 12.7 Å². The van der Waals surface area contributed by atoms with Gasteiger partial charge in [0.05, 0.1) is 13.2 Å². The number of halogens is 1. The summed E-state index contributed by atoms with van der Waals surface area (Å²) in [6.07, 6.45) is -3.87. The summed E-state index contributed by atoms with van der Waals surface area (Å²) >= 11 is 0. The summed E-state index contributed by atoms with van der Waals surface area (Å²) in [7, 11) is -5.37. The van der Waals surface area contributed by atoms with Crippen LogP contribution in [0.2, 0.25) is 0 Å². The van der Waals surface area contributed by atoms with E-state index in [4.69, 9.17) is 14.2 Å². The van der Waals surface area contributed by atoms with Crippen molar-refractivity contribution in [1.29, 1.82) is 0 Å². The minimum atomic E-state index is -5.37. The van der Waals surface area contributed by atoms with Crippen molar-refractivity contribution < 1.29 is 41.2 Å². The Bertz CT molecular complexity index is 636. The maximum Gasteiger partial charge on any atom is 0.427 e. The van der Waals surface area contributed by atoms with Gasteiger partial charge in [-0.3, -0.25) is 4.55 Å². The van der Waals surface area contributed by atoms with E-state index in [9.17, 15) is 27.0 Å². The lowest BCUT2D eigenvalue weighted by Gasteiger charge is -2.38. The first kappa shape index (κ1) is 21.6. The number of ether oxygens (including phenoxy) is 3. The van der Waals surface area contributed by atoms with Gasteiger partial charge in [0.1, 0.15) is 11.2 Å². The molecule has 0 bridgehead atoms. The van der Waals surface area contributed by atoms with E-state index in [0.29, 0.717) is 0 Å². The first-order valence-electron chi connectivity index (χ1n) is 7.47. The first-order chi connectivity index (χ1) is 11.0. The molecule has 1 N–H and O–H groups in total. The van der Waals surface area contributed by atoms with Crippen LogP contribution in [-0.2, 0) is 29.3 Å². The molecule has 11 heteroatoms. The van der Waals surface area contributed by atoms with Crippen molar-refractivity contribution in [3.05, 3.63) is 0 Å². The van der Waals surface area contributed by atoms with Gasteiger partial charge in [0.25, 0.3) is 0 Å². The van der Waals surface area contributed by atoms with E-state index in [1.165, 1.54) is 41.5 Å². The lowest BCUT2D eigenvalue weighted by Crippen LogP contribution is -2.66. The molecular formula is C14H24FNO8S. The van der Waals surface area contributed by atoms with Crippen LogP contribution in [0.15, 0.2) is 0 Å². The molecule has 0 unspecified atom stereocenters. The van der Waals surface area contributed by atoms with Gasteiger partial charge in [0.2, 0.25) is 5.54 Å². The van der Waals surface area contributed by atoms with E-state index in [2.05, 4.69) is 0 Å². The lowest BCUT2D eigenvalue weighted by molar-refractivity contribution is -0.169. The molecule has 25 heavy (non-hydrogen) atoms. The molecular weight excluding hydrogens is 360 g/mol. The Hall–Kier alpha value is -1.46. The molecule has 0 saturated carbocycles. The summed E-state index contributed by atoms with van der Waals surface area (Å²) in [6.45, 7) is 7.27. The van der Waals surface area contributed by atoms with E-state index in [1.54, 1.807) is 0 Å². The van der Waals surface area contributed by atoms with Crippen LogP contribution in [0.1, 0.15) is 41.5 Å². The number of amides is 1. The van der Waals surface area contributed by atoms with Crippen LogP contribution in [0.3, 0.4) is 0 Å². The minimum absolute atomic E-state index is 0.336. The summed E-state index contributed by atoms with van der Waals surface area (Å²) in [4.78, 5) is 24.9. The molecule has 0 spiro atoms. The van der Waals surface area contributed by atoms with Crippen molar-refractivity contribution in [3.63, 3.8) is 0 Å². The molecule has 2 atom stereocenters. The molecule has 1 rings (SSSR count). The topological polar surface area (TPSA) is 119 Å². The second-order valence-corrected chi connectivity index (χ2v) is 8.89. The zero-order chi connectivity index (χ0) is 19.8. The van der Waals surface area contributed by atoms with Crippen molar-refractivity contribution in [2.75, 3.05) is 13.2 Å². The molecule has 0 aromatic carbocycles. The smallest absolute Gasteiger partial charge is 0.427 e. The number of esters is 1. The highest BCUT2D eigenvalue weighted by molar-refractivity contribution is 7.84. The predicted octanol–water partition coefficient (Wildman–Crippen LogP) is 1.48. The van der Waals surface area contributed by atoms with Crippen molar-refractivity contribution in [2.24, 2.45) is 0 Å². The largest absolute Gasteiger partial charge is 0.458 e. The monoisotopic (exact) mass is 384 g/mol. The van der Waals surface area contributed by atoms with Gasteiger partial charge in [0.15, 0.2) is 6.17 Å². The van der Waals surface area contributed by atoms with E-state index >= 15 is 0 Å². The van der Waals surface area contributed by atoms with Crippen molar-refractivity contribution >= 4 is 22.4 Å². The predicted molar refractivity (Wildman–Crippen MR) is 83.9 cm³/mol. The van der Waals surface area contributed by atoms with Crippen molar-refractivity contribution in [1.82, 2.24) is 4.31 Å². The Morgan fingerprint density at radius 3 is 1.96 bits per heavy atom. The maximum atomic E-state index is 14.6. The summed E-state index contributed by atoms with van der Waals surface area (Å²) in [5.41, 5.74) is -4.99. The third-order valence-electron chi connectivity index (χ3n) is 3.01. The molecule has 9 nitrogen and oxygen atoms in total. The summed E-state index contributed by atoms with van der Waals surface area (Å²) < 4.78 is 62.2. The Morgan fingerprint density at radius 2 is 1.64 bits per heavy atom. The van der Waals surface area contributed by atoms with Crippen LogP contribution in [0.4, 0.5) is 9.18 Å². The number of rotatable bonds is 3. The second kappa shape index (κ2) is 6.69. The Morgan fingerprint density at radius 1 is 1.16 bits per heavy atom. The van der Waals surface area contributed by atoms with Crippen LogP contribution in [-0.4, -0.2) is 65.5 Å².